The van der Waals surface area contributed by atoms with E-state index in [0.29, 0.717) is 5.92 Å². The molecule has 102 valence electrons. The first kappa shape index (κ1) is 16.6. The van der Waals surface area contributed by atoms with Crippen LogP contribution in [0, 0.1) is 5.92 Å². The Labute approximate surface area is 110 Å². The predicted molar refractivity (Wildman–Crippen MR) is 75.6 cm³/mol. The van der Waals surface area contributed by atoms with E-state index in [-0.39, 0.29) is 12.1 Å². The maximum absolute atomic E-state index is 11.7. The molecule has 4 heteroatoms. The van der Waals surface area contributed by atoms with E-state index in [1.807, 2.05) is 32.5 Å². The molecule has 0 radical (unpaired) electrons. The summed E-state index contributed by atoms with van der Waals surface area (Å²) in [6.07, 6.45) is 0.687. The van der Waals surface area contributed by atoms with Crippen molar-refractivity contribution < 1.29 is 9.53 Å². The Morgan fingerprint density at radius 3 is 2.35 bits per heavy atom. The van der Waals surface area contributed by atoms with Gasteiger partial charge in [0.2, 0.25) is 0 Å². The standard InChI is InChI=1S/C13H27NO2S/c1-7-17-9-11(8-10(2)3)14-12(15)16-13(4,5)6/h10-11H,7-9H2,1-6H3,(H,14,15)/t11-/m0/s1. The van der Waals surface area contributed by atoms with Gasteiger partial charge in [0, 0.05) is 11.8 Å². The largest absolute Gasteiger partial charge is 0.444 e. The van der Waals surface area contributed by atoms with Gasteiger partial charge in [-0.2, -0.15) is 11.8 Å². The fraction of sp³-hybridized carbons (Fsp3) is 0.923. The van der Waals surface area contributed by atoms with Crippen molar-refractivity contribution in [3.05, 3.63) is 0 Å². The molecule has 0 aromatic rings. The van der Waals surface area contributed by atoms with Gasteiger partial charge < -0.3 is 10.1 Å². The monoisotopic (exact) mass is 261 g/mol. The molecule has 0 spiro atoms. The Kier molecular flexibility index (Phi) is 7.68. The minimum Gasteiger partial charge on any atom is -0.444 e. The van der Waals surface area contributed by atoms with E-state index in [4.69, 9.17) is 4.74 Å². The number of nitrogens with one attached hydrogen (secondary N) is 1. The van der Waals surface area contributed by atoms with Crippen LogP contribution in [0.15, 0.2) is 0 Å². The quantitative estimate of drug-likeness (QED) is 0.792. The molecule has 0 saturated heterocycles. The lowest BCUT2D eigenvalue weighted by molar-refractivity contribution is 0.0505. The number of hydrogen-bond donors (Lipinski definition) is 1. The third-order valence-electron chi connectivity index (χ3n) is 2.00. The molecule has 0 aromatic heterocycles. The van der Waals surface area contributed by atoms with Crippen molar-refractivity contribution in [1.29, 1.82) is 0 Å². The minimum absolute atomic E-state index is 0.204. The molecule has 0 bridgehead atoms. The molecule has 0 unspecified atom stereocenters. The van der Waals surface area contributed by atoms with Crippen molar-refractivity contribution in [3.63, 3.8) is 0 Å². The van der Waals surface area contributed by atoms with Gasteiger partial charge in [0.15, 0.2) is 0 Å². The van der Waals surface area contributed by atoms with E-state index in [9.17, 15) is 4.79 Å². The van der Waals surface area contributed by atoms with Gasteiger partial charge in [-0.15, -0.1) is 0 Å². The maximum Gasteiger partial charge on any atom is 0.407 e. The van der Waals surface area contributed by atoms with Crippen LogP contribution < -0.4 is 5.32 Å². The van der Waals surface area contributed by atoms with Crippen molar-refractivity contribution in [2.45, 2.75) is 59.6 Å². The fourth-order valence-electron chi connectivity index (χ4n) is 1.47. The highest BCUT2D eigenvalue weighted by atomic mass is 32.2. The summed E-state index contributed by atoms with van der Waals surface area (Å²) in [6.45, 7) is 12.1. The molecular weight excluding hydrogens is 234 g/mol. The van der Waals surface area contributed by atoms with E-state index in [1.165, 1.54) is 0 Å². The second-order valence-corrected chi connectivity index (χ2v) is 6.95. The lowest BCUT2D eigenvalue weighted by Crippen LogP contribution is -2.41. The Morgan fingerprint density at radius 2 is 1.94 bits per heavy atom. The molecule has 3 nitrogen and oxygen atoms in total. The number of hydrogen-bond acceptors (Lipinski definition) is 3. The average molecular weight is 261 g/mol. The summed E-state index contributed by atoms with van der Waals surface area (Å²) in [5.74, 6) is 2.60. The molecular formula is C13H27NO2S. The lowest BCUT2D eigenvalue weighted by atomic mass is 10.1. The van der Waals surface area contributed by atoms with Crippen LogP contribution in [-0.2, 0) is 4.74 Å². The topological polar surface area (TPSA) is 38.3 Å². The minimum atomic E-state index is -0.426. The van der Waals surface area contributed by atoms with E-state index in [0.717, 1.165) is 17.9 Å². The normalized spacial score (nSPS) is 13.6. The number of carbonyl (C=O) groups is 1. The van der Waals surface area contributed by atoms with Crippen LogP contribution in [0.4, 0.5) is 4.79 Å². The zero-order valence-corrected chi connectivity index (χ0v) is 12.8. The second kappa shape index (κ2) is 7.85. The summed E-state index contributed by atoms with van der Waals surface area (Å²) < 4.78 is 5.27. The zero-order chi connectivity index (χ0) is 13.5. The van der Waals surface area contributed by atoms with E-state index < -0.39 is 5.60 Å². The summed E-state index contributed by atoms with van der Waals surface area (Å²) in [7, 11) is 0. The van der Waals surface area contributed by atoms with E-state index in [2.05, 4.69) is 26.1 Å². The van der Waals surface area contributed by atoms with Gasteiger partial charge in [0.1, 0.15) is 5.60 Å². The fourth-order valence-corrected chi connectivity index (χ4v) is 2.21. The van der Waals surface area contributed by atoms with Crippen LogP contribution in [0.2, 0.25) is 0 Å². The molecule has 0 aromatic carbocycles. The number of alkyl carbamates (subject to hydrolysis) is 1. The third-order valence-corrected chi connectivity index (χ3v) is 3.05. The molecule has 0 saturated carbocycles. The third kappa shape index (κ3) is 10.5. The van der Waals surface area contributed by atoms with Gasteiger partial charge in [0.25, 0.3) is 0 Å². The number of carbonyl (C=O) groups excluding carboxylic acids is 1. The summed E-state index contributed by atoms with van der Waals surface area (Å²) in [5.41, 5.74) is -0.426. The Bertz CT molecular complexity index is 224. The SMILES string of the molecule is CCSC[C@H](CC(C)C)NC(=O)OC(C)(C)C. The zero-order valence-electron chi connectivity index (χ0n) is 12.0. The van der Waals surface area contributed by atoms with Crippen molar-refractivity contribution in [1.82, 2.24) is 5.32 Å². The summed E-state index contributed by atoms with van der Waals surface area (Å²) >= 11 is 1.85. The molecule has 0 aliphatic heterocycles. The van der Waals surface area contributed by atoms with Crippen LogP contribution in [0.25, 0.3) is 0 Å². The Balaban J connectivity index is 4.17. The predicted octanol–water partition coefficient (Wildman–Crippen LogP) is 3.68. The number of ether oxygens (including phenoxy) is 1. The van der Waals surface area contributed by atoms with Gasteiger partial charge in [0.05, 0.1) is 0 Å². The van der Waals surface area contributed by atoms with E-state index in [1.54, 1.807) is 0 Å². The highest BCUT2D eigenvalue weighted by Crippen LogP contribution is 2.12. The van der Waals surface area contributed by atoms with Crippen LogP contribution in [0.1, 0.15) is 48.0 Å². The lowest BCUT2D eigenvalue weighted by Gasteiger charge is -2.24. The van der Waals surface area contributed by atoms with Crippen LogP contribution in [0.3, 0.4) is 0 Å². The summed E-state index contributed by atoms with van der Waals surface area (Å²) in [5, 5.41) is 2.96. The smallest absolute Gasteiger partial charge is 0.407 e. The van der Waals surface area contributed by atoms with Crippen molar-refractivity contribution in [2.24, 2.45) is 5.92 Å². The number of thioether (sulfide) groups is 1. The van der Waals surface area contributed by atoms with Crippen molar-refractivity contribution in [2.75, 3.05) is 11.5 Å². The maximum atomic E-state index is 11.7. The molecule has 1 atom stereocenters. The average Bonchev–Trinajstić information content (AvgIpc) is 2.09. The molecule has 0 fully saturated rings. The molecule has 1 N–H and O–H groups in total. The summed E-state index contributed by atoms with van der Waals surface area (Å²) in [6, 6.07) is 0.204. The van der Waals surface area contributed by atoms with Crippen molar-refractivity contribution >= 4 is 17.9 Å². The first-order chi connectivity index (χ1) is 7.74. The first-order valence-corrected chi connectivity index (χ1v) is 7.47. The molecule has 1 amide bonds. The summed E-state index contributed by atoms with van der Waals surface area (Å²) in [4.78, 5) is 11.7. The highest BCUT2D eigenvalue weighted by molar-refractivity contribution is 7.99. The van der Waals surface area contributed by atoms with Crippen LogP contribution in [-0.4, -0.2) is 29.2 Å². The van der Waals surface area contributed by atoms with Crippen molar-refractivity contribution in [3.8, 4) is 0 Å². The second-order valence-electron chi connectivity index (χ2n) is 5.63. The highest BCUT2D eigenvalue weighted by Gasteiger charge is 2.19. The van der Waals surface area contributed by atoms with E-state index >= 15 is 0 Å². The molecule has 0 aliphatic rings. The molecule has 17 heavy (non-hydrogen) atoms. The number of amides is 1. The first-order valence-electron chi connectivity index (χ1n) is 6.31. The Morgan fingerprint density at radius 1 is 1.35 bits per heavy atom. The van der Waals surface area contributed by atoms with Crippen LogP contribution >= 0.6 is 11.8 Å². The molecule has 0 rings (SSSR count). The van der Waals surface area contributed by atoms with Gasteiger partial charge in [-0.05, 0) is 38.9 Å². The van der Waals surface area contributed by atoms with Crippen LogP contribution in [0.5, 0.6) is 0 Å². The van der Waals surface area contributed by atoms with Gasteiger partial charge in [-0.1, -0.05) is 20.8 Å². The van der Waals surface area contributed by atoms with Gasteiger partial charge in [-0.3, -0.25) is 0 Å². The van der Waals surface area contributed by atoms with Gasteiger partial charge in [-0.25, -0.2) is 4.79 Å². The van der Waals surface area contributed by atoms with Gasteiger partial charge >= 0.3 is 6.09 Å². The number of rotatable bonds is 6. The Hall–Kier alpha value is -0.380. The molecule has 0 heterocycles. The molecule has 0 aliphatic carbocycles.